The van der Waals surface area contributed by atoms with Crippen LogP contribution in [-0.2, 0) is 4.74 Å². The summed E-state index contributed by atoms with van der Waals surface area (Å²) in [5.74, 6) is 0. The van der Waals surface area contributed by atoms with Crippen LogP contribution in [0.3, 0.4) is 0 Å². The number of nitrogens with zero attached hydrogens (tertiary/aromatic N) is 1. The van der Waals surface area contributed by atoms with Crippen LogP contribution in [0.15, 0.2) is 0 Å². The van der Waals surface area contributed by atoms with Gasteiger partial charge in [-0.05, 0) is 26.7 Å². The van der Waals surface area contributed by atoms with E-state index in [1.807, 2.05) is 4.90 Å². The number of carbonyl (C=O) groups is 1. The van der Waals surface area contributed by atoms with Gasteiger partial charge in [0.2, 0.25) is 0 Å². The second-order valence-electron chi connectivity index (χ2n) is 5.47. The van der Waals surface area contributed by atoms with E-state index >= 15 is 0 Å². The molecule has 1 unspecified atom stereocenters. The topological polar surface area (TPSA) is 53.6 Å². The number of carbonyl (C=O) groups excluding carboxylic acids is 1. The number of ether oxygens (including phenoxy) is 1. The molecule has 2 fully saturated rings. The lowest BCUT2D eigenvalue weighted by molar-refractivity contribution is -0.0628. The molecule has 98 valence electrons. The van der Waals surface area contributed by atoms with Crippen molar-refractivity contribution >= 4 is 6.03 Å². The quantitative estimate of drug-likeness (QED) is 0.756. The van der Waals surface area contributed by atoms with Crippen molar-refractivity contribution in [3.05, 3.63) is 0 Å². The summed E-state index contributed by atoms with van der Waals surface area (Å²) in [6.45, 7) is 8.37. The number of nitrogens with one attached hydrogen (secondary N) is 2. The van der Waals surface area contributed by atoms with E-state index in [9.17, 15) is 4.79 Å². The molecule has 0 aliphatic carbocycles. The van der Waals surface area contributed by atoms with Crippen LogP contribution >= 0.6 is 0 Å². The molecule has 0 aromatic heterocycles. The van der Waals surface area contributed by atoms with Crippen molar-refractivity contribution in [2.45, 2.75) is 38.3 Å². The average molecular weight is 241 g/mol. The van der Waals surface area contributed by atoms with Crippen LogP contribution in [0.1, 0.15) is 26.7 Å². The first-order valence-corrected chi connectivity index (χ1v) is 6.47. The van der Waals surface area contributed by atoms with Crippen molar-refractivity contribution in [1.29, 1.82) is 0 Å². The van der Waals surface area contributed by atoms with Crippen LogP contribution in [0.4, 0.5) is 4.79 Å². The summed E-state index contributed by atoms with van der Waals surface area (Å²) in [6.07, 6.45) is 2.11. The van der Waals surface area contributed by atoms with Crippen LogP contribution in [0.25, 0.3) is 0 Å². The third-order valence-corrected chi connectivity index (χ3v) is 3.46. The van der Waals surface area contributed by atoms with Crippen LogP contribution in [0.2, 0.25) is 0 Å². The molecule has 1 atom stereocenters. The van der Waals surface area contributed by atoms with Crippen molar-refractivity contribution in [2.24, 2.45) is 0 Å². The summed E-state index contributed by atoms with van der Waals surface area (Å²) >= 11 is 0. The van der Waals surface area contributed by atoms with Gasteiger partial charge in [0.25, 0.3) is 0 Å². The Hall–Kier alpha value is -0.810. The Morgan fingerprint density at radius 1 is 1.59 bits per heavy atom. The SMILES string of the molecule is CC1(C)CC(NCCN2CCNC2=O)CCO1. The molecule has 0 spiro atoms. The summed E-state index contributed by atoms with van der Waals surface area (Å²) < 4.78 is 5.68. The second-order valence-corrected chi connectivity index (χ2v) is 5.47. The Bertz CT molecular complexity index is 281. The van der Waals surface area contributed by atoms with Gasteiger partial charge in [-0.15, -0.1) is 0 Å². The van der Waals surface area contributed by atoms with Crippen molar-refractivity contribution in [3.63, 3.8) is 0 Å². The van der Waals surface area contributed by atoms with Gasteiger partial charge in [-0.3, -0.25) is 0 Å². The molecule has 5 nitrogen and oxygen atoms in total. The molecule has 2 rings (SSSR count). The summed E-state index contributed by atoms with van der Waals surface area (Å²) in [6, 6.07) is 0.587. The third-order valence-electron chi connectivity index (χ3n) is 3.46. The van der Waals surface area contributed by atoms with E-state index in [4.69, 9.17) is 4.74 Å². The summed E-state index contributed by atoms with van der Waals surface area (Å²) in [5, 5.41) is 6.33. The van der Waals surface area contributed by atoms with E-state index in [-0.39, 0.29) is 11.6 Å². The van der Waals surface area contributed by atoms with Crippen LogP contribution < -0.4 is 10.6 Å². The molecule has 2 heterocycles. The maximum Gasteiger partial charge on any atom is 0.317 e. The highest BCUT2D eigenvalue weighted by Gasteiger charge is 2.28. The first-order valence-electron chi connectivity index (χ1n) is 6.47. The Morgan fingerprint density at radius 3 is 3.06 bits per heavy atom. The lowest BCUT2D eigenvalue weighted by atomic mass is 9.94. The Labute approximate surface area is 103 Å². The minimum atomic E-state index is -0.0130. The zero-order valence-corrected chi connectivity index (χ0v) is 10.8. The molecular weight excluding hydrogens is 218 g/mol. The zero-order chi connectivity index (χ0) is 12.3. The molecule has 2 saturated heterocycles. The number of urea groups is 1. The smallest absolute Gasteiger partial charge is 0.317 e. The van der Waals surface area contributed by atoms with Gasteiger partial charge < -0.3 is 20.3 Å². The molecule has 2 aliphatic rings. The van der Waals surface area contributed by atoms with Gasteiger partial charge in [-0.25, -0.2) is 4.79 Å². The Morgan fingerprint density at radius 2 is 2.41 bits per heavy atom. The number of hydrogen-bond acceptors (Lipinski definition) is 3. The molecular formula is C12H23N3O2. The minimum Gasteiger partial charge on any atom is -0.375 e. The monoisotopic (exact) mass is 241 g/mol. The summed E-state index contributed by atoms with van der Waals surface area (Å²) in [4.78, 5) is 13.2. The van der Waals surface area contributed by atoms with E-state index in [0.29, 0.717) is 6.04 Å². The second kappa shape index (κ2) is 5.23. The predicted molar refractivity (Wildman–Crippen MR) is 66.0 cm³/mol. The summed E-state index contributed by atoms with van der Waals surface area (Å²) in [7, 11) is 0. The number of amides is 2. The molecule has 0 radical (unpaired) electrons. The van der Waals surface area contributed by atoms with Crippen molar-refractivity contribution in [1.82, 2.24) is 15.5 Å². The molecule has 0 aromatic carbocycles. The minimum absolute atomic E-state index is 0.0130. The average Bonchev–Trinajstić information content (AvgIpc) is 2.63. The predicted octanol–water partition coefficient (Wildman–Crippen LogP) is 0.559. The van der Waals surface area contributed by atoms with Gasteiger partial charge in [0, 0.05) is 38.8 Å². The summed E-state index contributed by atoms with van der Waals surface area (Å²) in [5.41, 5.74) is -0.0130. The molecule has 0 aromatic rings. The number of rotatable bonds is 4. The van der Waals surface area contributed by atoms with Crippen molar-refractivity contribution in [3.8, 4) is 0 Å². The highest BCUT2D eigenvalue weighted by molar-refractivity contribution is 5.76. The third kappa shape index (κ3) is 3.57. The largest absolute Gasteiger partial charge is 0.375 e. The highest BCUT2D eigenvalue weighted by Crippen LogP contribution is 2.23. The molecule has 0 bridgehead atoms. The zero-order valence-electron chi connectivity index (χ0n) is 10.8. The van der Waals surface area contributed by atoms with Gasteiger partial charge >= 0.3 is 6.03 Å². The van der Waals surface area contributed by atoms with Crippen molar-refractivity contribution < 1.29 is 9.53 Å². The molecule has 5 heteroatoms. The Balaban J connectivity index is 1.66. The van der Waals surface area contributed by atoms with Gasteiger partial charge in [0.15, 0.2) is 0 Å². The molecule has 0 saturated carbocycles. The fraction of sp³-hybridized carbons (Fsp3) is 0.917. The fourth-order valence-electron chi connectivity index (χ4n) is 2.53. The molecule has 2 amide bonds. The van der Waals surface area contributed by atoms with E-state index in [1.54, 1.807) is 0 Å². The van der Waals surface area contributed by atoms with Crippen LogP contribution in [0.5, 0.6) is 0 Å². The van der Waals surface area contributed by atoms with Crippen molar-refractivity contribution in [2.75, 3.05) is 32.8 Å². The molecule has 2 aliphatic heterocycles. The number of hydrogen-bond donors (Lipinski definition) is 2. The first kappa shape index (κ1) is 12.6. The van der Waals surface area contributed by atoms with E-state index < -0.39 is 0 Å². The maximum absolute atomic E-state index is 11.3. The normalized spacial score (nSPS) is 28.2. The van der Waals surface area contributed by atoms with Gasteiger partial charge in [0.1, 0.15) is 0 Å². The van der Waals surface area contributed by atoms with E-state index in [1.165, 1.54) is 0 Å². The van der Waals surface area contributed by atoms with E-state index in [0.717, 1.165) is 45.6 Å². The fourth-order valence-corrected chi connectivity index (χ4v) is 2.53. The highest BCUT2D eigenvalue weighted by atomic mass is 16.5. The van der Waals surface area contributed by atoms with Gasteiger partial charge in [-0.1, -0.05) is 0 Å². The lowest BCUT2D eigenvalue weighted by Gasteiger charge is -2.36. The van der Waals surface area contributed by atoms with Gasteiger partial charge in [0.05, 0.1) is 5.60 Å². The standard InChI is InChI=1S/C12H23N3O2/c1-12(2)9-10(3-8-17-12)13-4-6-15-7-5-14-11(15)16/h10,13H,3-9H2,1-2H3,(H,14,16). The molecule has 2 N–H and O–H groups in total. The first-order chi connectivity index (χ1) is 8.07. The molecule has 17 heavy (non-hydrogen) atoms. The van der Waals surface area contributed by atoms with E-state index in [2.05, 4.69) is 24.5 Å². The van der Waals surface area contributed by atoms with Gasteiger partial charge in [-0.2, -0.15) is 0 Å². The maximum atomic E-state index is 11.3. The van der Waals surface area contributed by atoms with Crippen LogP contribution in [-0.4, -0.2) is 55.4 Å². The lowest BCUT2D eigenvalue weighted by Crippen LogP contribution is -2.46. The van der Waals surface area contributed by atoms with Crippen LogP contribution in [0, 0.1) is 0 Å². The Kier molecular flexibility index (Phi) is 3.89.